The summed E-state index contributed by atoms with van der Waals surface area (Å²) in [6, 6.07) is 0.502. The zero-order valence-electron chi connectivity index (χ0n) is 13.9. The lowest BCUT2D eigenvalue weighted by Crippen LogP contribution is -2.39. The summed E-state index contributed by atoms with van der Waals surface area (Å²) in [5.41, 5.74) is 12.8. The number of unbranched alkanes of at least 4 members (excludes halogenated alkanes) is 2. The van der Waals surface area contributed by atoms with Gasteiger partial charge in [-0.3, -0.25) is 4.79 Å². The molecule has 6 N–H and O–H groups in total. The molecule has 6 nitrogen and oxygen atoms in total. The molecular formula is C16H30N4O2. The largest absolute Gasteiger partial charge is 0.412 e. The van der Waals surface area contributed by atoms with Gasteiger partial charge in [-0.1, -0.05) is 33.6 Å². The summed E-state index contributed by atoms with van der Waals surface area (Å²) >= 11 is 0. The number of aromatic nitrogens is 2. The minimum atomic E-state index is -0.829. The molecule has 0 aliphatic heterocycles. The van der Waals surface area contributed by atoms with Crippen LogP contribution in [0.2, 0.25) is 0 Å². The second-order valence-corrected chi connectivity index (χ2v) is 5.98. The fourth-order valence-electron chi connectivity index (χ4n) is 2.24. The Labute approximate surface area is 133 Å². The van der Waals surface area contributed by atoms with E-state index in [-0.39, 0.29) is 11.3 Å². The van der Waals surface area contributed by atoms with Crippen LogP contribution in [0.15, 0.2) is 12.3 Å². The Hall–Kier alpha value is -1.37. The van der Waals surface area contributed by atoms with Crippen molar-refractivity contribution < 1.29 is 10.3 Å². The van der Waals surface area contributed by atoms with Crippen molar-refractivity contribution in [1.82, 2.24) is 9.97 Å². The molecule has 6 heteroatoms. The van der Waals surface area contributed by atoms with Gasteiger partial charge < -0.3 is 16.9 Å². The molecule has 2 atom stereocenters. The van der Waals surface area contributed by atoms with Crippen molar-refractivity contribution in [3.05, 3.63) is 23.8 Å². The fourth-order valence-corrected chi connectivity index (χ4v) is 2.24. The molecule has 126 valence electrons. The van der Waals surface area contributed by atoms with Crippen LogP contribution in [-0.2, 0) is 11.2 Å². The Bertz CT molecular complexity index is 452. The third kappa shape index (κ3) is 6.60. The molecule has 1 heterocycles. The van der Waals surface area contributed by atoms with Gasteiger partial charge in [-0.2, -0.15) is 0 Å². The van der Waals surface area contributed by atoms with Crippen LogP contribution in [0.25, 0.3) is 0 Å². The Kier molecular flexibility index (Phi) is 9.73. The number of ketones is 1. The lowest BCUT2D eigenvalue weighted by Gasteiger charge is -2.17. The van der Waals surface area contributed by atoms with Gasteiger partial charge in [0, 0.05) is 11.9 Å². The summed E-state index contributed by atoms with van der Waals surface area (Å²) in [5, 5.41) is 0. The number of carbonyl (C=O) groups is 1. The number of nitrogens with two attached hydrogens (primary N) is 2. The first-order chi connectivity index (χ1) is 9.95. The van der Waals surface area contributed by atoms with Crippen molar-refractivity contribution in [2.24, 2.45) is 17.4 Å². The third-order valence-corrected chi connectivity index (χ3v) is 3.44. The van der Waals surface area contributed by atoms with E-state index in [4.69, 9.17) is 11.5 Å². The van der Waals surface area contributed by atoms with E-state index >= 15 is 0 Å². The smallest absolute Gasteiger partial charge is 0.173 e. The highest BCUT2D eigenvalue weighted by molar-refractivity contribution is 5.88. The van der Waals surface area contributed by atoms with Crippen molar-refractivity contribution in [1.29, 1.82) is 0 Å². The highest BCUT2D eigenvalue weighted by Crippen LogP contribution is 2.13. The van der Waals surface area contributed by atoms with Crippen LogP contribution in [0.1, 0.15) is 64.0 Å². The maximum Gasteiger partial charge on any atom is 0.173 e. The van der Waals surface area contributed by atoms with Crippen molar-refractivity contribution >= 4 is 5.78 Å². The lowest BCUT2D eigenvalue weighted by atomic mass is 9.97. The predicted molar refractivity (Wildman–Crippen MR) is 88.2 cm³/mol. The van der Waals surface area contributed by atoms with Crippen molar-refractivity contribution in [3.8, 4) is 0 Å². The number of carbonyl (C=O) groups excluding carboxylic acids is 1. The van der Waals surface area contributed by atoms with Gasteiger partial charge in [0.1, 0.15) is 6.04 Å². The fraction of sp³-hybridized carbons (Fsp3) is 0.688. The van der Waals surface area contributed by atoms with Crippen LogP contribution in [0.5, 0.6) is 0 Å². The van der Waals surface area contributed by atoms with Gasteiger partial charge in [-0.05, 0) is 31.2 Å². The van der Waals surface area contributed by atoms with Gasteiger partial charge in [0.15, 0.2) is 11.6 Å². The molecule has 1 aromatic heterocycles. The average Bonchev–Trinajstić information content (AvgIpc) is 2.45. The van der Waals surface area contributed by atoms with E-state index in [1.165, 1.54) is 12.8 Å². The molecule has 1 aromatic rings. The minimum absolute atomic E-state index is 0. The number of hydrogen-bond acceptors (Lipinski definition) is 5. The first-order valence-electron chi connectivity index (χ1n) is 7.82. The monoisotopic (exact) mass is 310 g/mol. The number of aryl methyl sites for hydroxylation is 1. The van der Waals surface area contributed by atoms with Crippen LogP contribution >= 0.6 is 0 Å². The van der Waals surface area contributed by atoms with Gasteiger partial charge in [0.25, 0.3) is 0 Å². The normalized spacial score (nSPS) is 13.5. The molecule has 1 rings (SSSR count). The molecule has 0 bridgehead atoms. The molecule has 0 aliphatic rings. The van der Waals surface area contributed by atoms with Crippen LogP contribution in [0.3, 0.4) is 0 Å². The molecule has 0 fully saturated rings. The van der Waals surface area contributed by atoms with Gasteiger partial charge in [0.05, 0.1) is 6.04 Å². The van der Waals surface area contributed by atoms with Gasteiger partial charge in [-0.15, -0.1) is 0 Å². The van der Waals surface area contributed by atoms with Crippen molar-refractivity contribution in [2.75, 3.05) is 0 Å². The van der Waals surface area contributed by atoms with E-state index < -0.39 is 12.1 Å². The Morgan fingerprint density at radius 2 is 1.95 bits per heavy atom. The minimum Gasteiger partial charge on any atom is -0.412 e. The van der Waals surface area contributed by atoms with E-state index in [1.54, 1.807) is 6.20 Å². The molecule has 0 radical (unpaired) electrons. The molecule has 0 amide bonds. The van der Waals surface area contributed by atoms with Crippen LogP contribution in [0.4, 0.5) is 0 Å². The van der Waals surface area contributed by atoms with E-state index in [0.29, 0.717) is 18.2 Å². The first kappa shape index (κ1) is 20.6. The SMILES string of the molecule is CCCCCc1ccnc(C(N)C(=O)C(N)CC(C)C)n1.O. The topological polar surface area (TPSA) is 126 Å². The summed E-state index contributed by atoms with van der Waals surface area (Å²) in [7, 11) is 0. The quantitative estimate of drug-likeness (QED) is 0.665. The predicted octanol–water partition coefficient (Wildman–Crippen LogP) is 1.33. The summed E-state index contributed by atoms with van der Waals surface area (Å²) < 4.78 is 0. The number of rotatable bonds is 9. The zero-order valence-corrected chi connectivity index (χ0v) is 13.9. The second kappa shape index (κ2) is 10.4. The van der Waals surface area contributed by atoms with E-state index in [2.05, 4.69) is 16.9 Å². The van der Waals surface area contributed by atoms with Crippen LogP contribution in [-0.4, -0.2) is 27.3 Å². The number of hydrogen-bond donors (Lipinski definition) is 2. The zero-order chi connectivity index (χ0) is 15.8. The highest BCUT2D eigenvalue weighted by atomic mass is 16.1. The maximum absolute atomic E-state index is 12.2. The molecule has 0 aliphatic carbocycles. The summed E-state index contributed by atoms with van der Waals surface area (Å²) in [4.78, 5) is 20.8. The van der Waals surface area contributed by atoms with Gasteiger partial charge >= 0.3 is 0 Å². The lowest BCUT2D eigenvalue weighted by molar-refractivity contribution is -0.122. The molecule has 0 saturated carbocycles. The van der Waals surface area contributed by atoms with Gasteiger partial charge in [0.2, 0.25) is 0 Å². The van der Waals surface area contributed by atoms with Gasteiger partial charge in [-0.25, -0.2) is 9.97 Å². The van der Waals surface area contributed by atoms with E-state index in [9.17, 15) is 4.79 Å². The molecular weight excluding hydrogens is 280 g/mol. The third-order valence-electron chi connectivity index (χ3n) is 3.44. The Morgan fingerprint density at radius 3 is 2.55 bits per heavy atom. The van der Waals surface area contributed by atoms with E-state index in [1.807, 2.05) is 19.9 Å². The molecule has 0 saturated heterocycles. The van der Waals surface area contributed by atoms with E-state index in [0.717, 1.165) is 18.5 Å². The number of Topliss-reactive ketones (excluding diaryl/α,β-unsaturated/α-hetero) is 1. The molecule has 0 spiro atoms. The van der Waals surface area contributed by atoms with Crippen molar-refractivity contribution in [3.63, 3.8) is 0 Å². The highest BCUT2D eigenvalue weighted by Gasteiger charge is 2.25. The van der Waals surface area contributed by atoms with Crippen LogP contribution in [0, 0.1) is 5.92 Å². The second-order valence-electron chi connectivity index (χ2n) is 5.98. The maximum atomic E-state index is 12.2. The summed E-state index contributed by atoms with van der Waals surface area (Å²) in [5.74, 6) is 0.556. The molecule has 0 aromatic carbocycles. The molecule has 2 unspecified atom stereocenters. The first-order valence-corrected chi connectivity index (χ1v) is 7.82. The standard InChI is InChI=1S/C16H28N4O.H2O/c1-4-5-6-7-12-8-9-19-16(20-12)14(18)15(21)13(17)10-11(2)3;/h8-9,11,13-14H,4-7,10,17-18H2,1-3H3;1H2. The number of nitrogens with zero attached hydrogens (tertiary/aromatic N) is 2. The van der Waals surface area contributed by atoms with Crippen molar-refractivity contribution in [2.45, 2.75) is 65.0 Å². The Balaban J connectivity index is 0.00000441. The average molecular weight is 310 g/mol. The summed E-state index contributed by atoms with van der Waals surface area (Å²) in [6.45, 7) is 6.23. The molecule has 22 heavy (non-hydrogen) atoms. The van der Waals surface area contributed by atoms with Crippen LogP contribution < -0.4 is 11.5 Å². The Morgan fingerprint density at radius 1 is 1.27 bits per heavy atom. The summed E-state index contributed by atoms with van der Waals surface area (Å²) in [6.07, 6.45) is 6.61.